The molecule has 19 heavy (non-hydrogen) atoms. The van der Waals surface area contributed by atoms with E-state index < -0.39 is 0 Å². The van der Waals surface area contributed by atoms with Crippen LogP contribution in [0.15, 0.2) is 28.7 Å². The van der Waals surface area contributed by atoms with Crippen LogP contribution in [-0.2, 0) is 0 Å². The van der Waals surface area contributed by atoms with Gasteiger partial charge in [-0.15, -0.1) is 10.2 Å². The molecule has 1 heterocycles. The van der Waals surface area contributed by atoms with E-state index in [0.29, 0.717) is 0 Å². The first kappa shape index (κ1) is 14.0. The topological polar surface area (TPSA) is 54.9 Å². The minimum atomic E-state index is -0.308. The molecule has 0 bridgehead atoms. The third-order valence-corrected chi connectivity index (χ3v) is 3.26. The van der Waals surface area contributed by atoms with Gasteiger partial charge in [-0.05, 0) is 49.2 Å². The summed E-state index contributed by atoms with van der Waals surface area (Å²) in [7, 11) is 0. The van der Waals surface area contributed by atoms with E-state index >= 15 is 0 Å². The fourth-order valence-electron chi connectivity index (χ4n) is 1.72. The molecule has 0 spiro atoms. The number of carbonyl (C=O) groups is 1. The molecule has 1 aromatic carbocycles. The Kier molecular flexibility index (Phi) is 4.17. The Hall–Kier alpha value is -1.46. The standard InChI is InChI=1S/C13H11BrClN3O/c1-7-5-9(14)6-8(2)12(7)16-13(19)10-3-4-11(15)18-17-10/h3-6H,1-2H3,(H,16,19). The Morgan fingerprint density at radius 1 is 1.21 bits per heavy atom. The van der Waals surface area contributed by atoms with E-state index in [1.54, 1.807) is 0 Å². The predicted octanol–water partition coefficient (Wildman–Crippen LogP) is 3.76. The Bertz CT molecular complexity index is 605. The number of rotatable bonds is 2. The first-order valence-electron chi connectivity index (χ1n) is 5.54. The van der Waals surface area contributed by atoms with Crippen molar-refractivity contribution in [3.8, 4) is 0 Å². The Morgan fingerprint density at radius 2 is 1.84 bits per heavy atom. The molecule has 98 valence electrons. The summed E-state index contributed by atoms with van der Waals surface area (Å²) in [5.74, 6) is -0.308. The lowest BCUT2D eigenvalue weighted by Gasteiger charge is -2.11. The Labute approximate surface area is 124 Å². The van der Waals surface area contributed by atoms with Gasteiger partial charge < -0.3 is 5.32 Å². The quantitative estimate of drug-likeness (QED) is 0.905. The number of aromatic nitrogens is 2. The zero-order valence-corrected chi connectivity index (χ0v) is 12.7. The molecule has 0 atom stereocenters. The SMILES string of the molecule is Cc1cc(Br)cc(C)c1NC(=O)c1ccc(Cl)nn1. The molecule has 0 aliphatic carbocycles. The number of anilines is 1. The molecule has 1 aromatic heterocycles. The lowest BCUT2D eigenvalue weighted by molar-refractivity contribution is 0.102. The van der Waals surface area contributed by atoms with Crippen LogP contribution in [0, 0.1) is 13.8 Å². The number of nitrogens with zero attached hydrogens (tertiary/aromatic N) is 2. The van der Waals surface area contributed by atoms with Crippen LogP contribution >= 0.6 is 27.5 Å². The molecule has 0 saturated heterocycles. The zero-order chi connectivity index (χ0) is 14.0. The zero-order valence-electron chi connectivity index (χ0n) is 10.4. The summed E-state index contributed by atoms with van der Waals surface area (Å²) in [6, 6.07) is 6.95. The molecule has 1 amide bonds. The predicted molar refractivity (Wildman–Crippen MR) is 78.6 cm³/mol. The van der Waals surface area contributed by atoms with Crippen LogP contribution in [0.4, 0.5) is 5.69 Å². The molecule has 0 aliphatic heterocycles. The van der Waals surface area contributed by atoms with Crippen molar-refractivity contribution in [2.75, 3.05) is 5.32 Å². The van der Waals surface area contributed by atoms with Gasteiger partial charge in [0.1, 0.15) is 0 Å². The average Bonchev–Trinajstić information content (AvgIpc) is 2.34. The van der Waals surface area contributed by atoms with Crippen LogP contribution in [0.25, 0.3) is 0 Å². The highest BCUT2D eigenvalue weighted by atomic mass is 79.9. The largest absolute Gasteiger partial charge is 0.320 e. The third-order valence-electron chi connectivity index (χ3n) is 2.60. The number of amides is 1. The number of hydrogen-bond donors (Lipinski definition) is 1. The van der Waals surface area contributed by atoms with Gasteiger partial charge in [0.25, 0.3) is 5.91 Å². The third kappa shape index (κ3) is 3.30. The molecule has 2 rings (SSSR count). The monoisotopic (exact) mass is 339 g/mol. The second kappa shape index (κ2) is 5.67. The summed E-state index contributed by atoms with van der Waals surface area (Å²) < 4.78 is 0.979. The molecular formula is C13H11BrClN3O. The maximum Gasteiger partial charge on any atom is 0.276 e. The molecule has 2 aromatic rings. The van der Waals surface area contributed by atoms with Crippen LogP contribution in [-0.4, -0.2) is 16.1 Å². The number of nitrogens with one attached hydrogen (secondary N) is 1. The van der Waals surface area contributed by atoms with Crippen molar-refractivity contribution in [3.05, 3.63) is 50.7 Å². The first-order valence-corrected chi connectivity index (χ1v) is 6.72. The molecule has 1 N–H and O–H groups in total. The maximum atomic E-state index is 12.0. The fraction of sp³-hybridized carbons (Fsp3) is 0.154. The van der Waals surface area contributed by atoms with Crippen LogP contribution in [0.2, 0.25) is 5.15 Å². The summed E-state index contributed by atoms with van der Waals surface area (Å²) >= 11 is 9.05. The lowest BCUT2D eigenvalue weighted by atomic mass is 10.1. The van der Waals surface area contributed by atoms with Crippen LogP contribution in [0.3, 0.4) is 0 Å². The van der Waals surface area contributed by atoms with Gasteiger partial charge in [0, 0.05) is 10.2 Å². The van der Waals surface area contributed by atoms with Gasteiger partial charge in [-0.2, -0.15) is 0 Å². The van der Waals surface area contributed by atoms with Gasteiger partial charge in [0.15, 0.2) is 10.8 Å². The number of benzene rings is 1. The number of aryl methyl sites for hydroxylation is 2. The molecule has 0 radical (unpaired) electrons. The number of hydrogen-bond acceptors (Lipinski definition) is 3. The Morgan fingerprint density at radius 3 is 2.37 bits per heavy atom. The molecule has 6 heteroatoms. The molecule has 0 aliphatic rings. The number of carbonyl (C=O) groups excluding carboxylic acids is 1. The normalized spacial score (nSPS) is 10.3. The lowest BCUT2D eigenvalue weighted by Crippen LogP contribution is -2.15. The van der Waals surface area contributed by atoms with Crippen molar-refractivity contribution in [1.29, 1.82) is 0 Å². The van der Waals surface area contributed by atoms with E-state index in [1.807, 2.05) is 26.0 Å². The van der Waals surface area contributed by atoms with Crippen molar-refractivity contribution in [2.45, 2.75) is 13.8 Å². The van der Waals surface area contributed by atoms with Crippen LogP contribution in [0.1, 0.15) is 21.6 Å². The van der Waals surface area contributed by atoms with Crippen LogP contribution in [0.5, 0.6) is 0 Å². The van der Waals surface area contributed by atoms with E-state index in [2.05, 4.69) is 31.4 Å². The molecular weight excluding hydrogens is 330 g/mol. The average molecular weight is 341 g/mol. The Balaban J connectivity index is 2.26. The van der Waals surface area contributed by atoms with Crippen molar-refractivity contribution in [3.63, 3.8) is 0 Å². The highest BCUT2D eigenvalue weighted by Gasteiger charge is 2.12. The summed E-state index contributed by atoms with van der Waals surface area (Å²) in [5.41, 5.74) is 2.96. The van der Waals surface area contributed by atoms with Gasteiger partial charge in [-0.25, -0.2) is 0 Å². The minimum absolute atomic E-state index is 0.228. The summed E-state index contributed by atoms with van der Waals surface area (Å²) in [5, 5.41) is 10.5. The summed E-state index contributed by atoms with van der Waals surface area (Å²) in [4.78, 5) is 12.0. The highest BCUT2D eigenvalue weighted by molar-refractivity contribution is 9.10. The summed E-state index contributed by atoms with van der Waals surface area (Å²) in [6.45, 7) is 3.86. The van der Waals surface area contributed by atoms with Crippen molar-refractivity contribution in [1.82, 2.24) is 10.2 Å². The van der Waals surface area contributed by atoms with Gasteiger partial charge in [-0.3, -0.25) is 4.79 Å². The van der Waals surface area contributed by atoms with Crippen molar-refractivity contribution >= 4 is 39.1 Å². The maximum absolute atomic E-state index is 12.0. The molecule has 4 nitrogen and oxygen atoms in total. The first-order chi connectivity index (χ1) is 8.97. The van der Waals surface area contributed by atoms with Gasteiger partial charge in [-0.1, -0.05) is 27.5 Å². The minimum Gasteiger partial charge on any atom is -0.320 e. The fourth-order valence-corrected chi connectivity index (χ4v) is 2.51. The second-order valence-electron chi connectivity index (χ2n) is 4.11. The highest BCUT2D eigenvalue weighted by Crippen LogP contribution is 2.25. The molecule has 0 saturated carbocycles. The smallest absolute Gasteiger partial charge is 0.276 e. The molecule has 0 unspecified atom stereocenters. The molecule has 0 fully saturated rings. The van der Waals surface area contributed by atoms with E-state index in [0.717, 1.165) is 21.3 Å². The van der Waals surface area contributed by atoms with E-state index in [1.165, 1.54) is 12.1 Å². The number of halogens is 2. The van der Waals surface area contributed by atoms with Crippen LogP contribution < -0.4 is 5.32 Å². The second-order valence-corrected chi connectivity index (χ2v) is 5.41. The van der Waals surface area contributed by atoms with E-state index in [4.69, 9.17) is 11.6 Å². The van der Waals surface area contributed by atoms with Gasteiger partial charge in [0.05, 0.1) is 0 Å². The van der Waals surface area contributed by atoms with E-state index in [-0.39, 0.29) is 16.8 Å². The summed E-state index contributed by atoms with van der Waals surface area (Å²) in [6.07, 6.45) is 0. The van der Waals surface area contributed by atoms with Gasteiger partial charge >= 0.3 is 0 Å². The van der Waals surface area contributed by atoms with E-state index in [9.17, 15) is 4.79 Å². The van der Waals surface area contributed by atoms with Crippen molar-refractivity contribution in [2.24, 2.45) is 0 Å². The van der Waals surface area contributed by atoms with Crippen molar-refractivity contribution < 1.29 is 4.79 Å². The van der Waals surface area contributed by atoms with Gasteiger partial charge in [0.2, 0.25) is 0 Å².